The van der Waals surface area contributed by atoms with Crippen molar-refractivity contribution in [2.24, 2.45) is 5.16 Å². The summed E-state index contributed by atoms with van der Waals surface area (Å²) in [6, 6.07) is 20.2. The third kappa shape index (κ3) is 6.79. The summed E-state index contributed by atoms with van der Waals surface area (Å²) in [6.45, 7) is 0.385. The van der Waals surface area contributed by atoms with Crippen LogP contribution < -0.4 is 48.5 Å². The molecular weight excluding hydrogens is 646 g/mol. The van der Waals surface area contributed by atoms with Crippen molar-refractivity contribution in [1.82, 2.24) is 5.32 Å². The number of anilines is 1. The first-order chi connectivity index (χ1) is 24.4. The fourth-order valence-electron chi connectivity index (χ4n) is 5.86. The van der Waals surface area contributed by atoms with Crippen LogP contribution in [0.4, 0.5) is 5.69 Å². The Hall–Kier alpha value is -5.98. The molecule has 1 amide bonds. The van der Waals surface area contributed by atoms with Crippen LogP contribution in [0.5, 0.6) is 46.0 Å². The molecule has 50 heavy (non-hydrogen) atoms. The molecule has 13 nitrogen and oxygen atoms in total. The minimum Gasteiger partial charge on any atom is -0.493 e. The SMILES string of the molecule is COc1cc(C2NC(=O)c3ccccc3N2)ccc1OCCOc1c(OC)cc(C2CC(c3cc(OC)c(OC)c(OC)c3)=NO2)cc1OC. The van der Waals surface area contributed by atoms with Crippen LogP contribution in [0, 0.1) is 0 Å². The predicted molar refractivity (Wildman–Crippen MR) is 185 cm³/mol. The van der Waals surface area contributed by atoms with E-state index in [1.165, 1.54) is 0 Å². The number of hydrogen-bond donors (Lipinski definition) is 2. The minimum absolute atomic E-state index is 0.149. The molecule has 0 bridgehead atoms. The third-order valence-electron chi connectivity index (χ3n) is 8.38. The molecule has 0 radical (unpaired) electrons. The molecule has 0 aromatic heterocycles. The highest BCUT2D eigenvalue weighted by molar-refractivity contribution is 6.02. The minimum atomic E-state index is -0.422. The monoisotopic (exact) mass is 685 g/mol. The van der Waals surface area contributed by atoms with Crippen LogP contribution in [0.1, 0.15) is 45.7 Å². The fraction of sp³-hybridized carbons (Fsp3) is 0.297. The molecule has 4 aromatic rings. The van der Waals surface area contributed by atoms with Crippen LogP contribution in [0.15, 0.2) is 71.9 Å². The van der Waals surface area contributed by atoms with Gasteiger partial charge < -0.3 is 53.4 Å². The van der Waals surface area contributed by atoms with E-state index in [0.29, 0.717) is 58.0 Å². The van der Waals surface area contributed by atoms with E-state index < -0.39 is 12.3 Å². The van der Waals surface area contributed by atoms with E-state index in [-0.39, 0.29) is 19.1 Å². The quantitative estimate of drug-likeness (QED) is 0.153. The Balaban J connectivity index is 1.10. The molecule has 2 aliphatic heterocycles. The number of methoxy groups -OCH3 is 6. The second-order valence-electron chi connectivity index (χ2n) is 11.2. The number of carbonyl (C=O) groups is 1. The number of oxime groups is 1. The van der Waals surface area contributed by atoms with Gasteiger partial charge in [-0.25, -0.2) is 0 Å². The largest absolute Gasteiger partial charge is 0.493 e. The summed E-state index contributed by atoms with van der Waals surface area (Å²) in [5.41, 5.74) is 4.48. The van der Waals surface area contributed by atoms with Crippen LogP contribution in [0.25, 0.3) is 0 Å². The molecular formula is C37H39N3O10. The van der Waals surface area contributed by atoms with Crippen LogP contribution in [-0.4, -0.2) is 67.5 Å². The maximum Gasteiger partial charge on any atom is 0.255 e. The van der Waals surface area contributed by atoms with E-state index in [2.05, 4.69) is 15.8 Å². The molecule has 6 rings (SSSR count). The number of benzene rings is 4. The van der Waals surface area contributed by atoms with Crippen molar-refractivity contribution in [1.29, 1.82) is 0 Å². The molecule has 4 aromatic carbocycles. The number of amides is 1. The van der Waals surface area contributed by atoms with Crippen molar-refractivity contribution in [2.75, 3.05) is 61.2 Å². The van der Waals surface area contributed by atoms with Crippen molar-refractivity contribution >= 4 is 17.3 Å². The van der Waals surface area contributed by atoms with E-state index in [1.807, 2.05) is 54.6 Å². The average Bonchev–Trinajstić information content (AvgIpc) is 3.66. The molecule has 0 aliphatic carbocycles. The van der Waals surface area contributed by atoms with Gasteiger partial charge in [0.1, 0.15) is 19.4 Å². The Morgan fingerprint density at radius 2 is 1.28 bits per heavy atom. The van der Waals surface area contributed by atoms with Gasteiger partial charge >= 0.3 is 0 Å². The van der Waals surface area contributed by atoms with Gasteiger partial charge in [-0.15, -0.1) is 0 Å². The number of hydrogen-bond acceptors (Lipinski definition) is 12. The fourth-order valence-corrected chi connectivity index (χ4v) is 5.86. The topological polar surface area (TPSA) is 137 Å². The van der Waals surface area contributed by atoms with Gasteiger partial charge in [-0.2, -0.15) is 0 Å². The van der Waals surface area contributed by atoms with Crippen LogP contribution in [0.2, 0.25) is 0 Å². The van der Waals surface area contributed by atoms with Gasteiger partial charge in [-0.05, 0) is 54.1 Å². The highest BCUT2D eigenvalue weighted by Crippen LogP contribution is 2.44. The molecule has 2 heterocycles. The lowest BCUT2D eigenvalue weighted by atomic mass is 9.99. The molecule has 2 unspecified atom stereocenters. The van der Waals surface area contributed by atoms with E-state index >= 15 is 0 Å². The number of carbonyl (C=O) groups excluding carboxylic acids is 1. The van der Waals surface area contributed by atoms with Gasteiger partial charge in [-0.3, -0.25) is 4.79 Å². The Kier molecular flexibility index (Phi) is 10.2. The summed E-state index contributed by atoms with van der Waals surface area (Å²) in [5, 5.41) is 10.7. The predicted octanol–water partition coefficient (Wildman–Crippen LogP) is 5.92. The Labute approximate surface area is 289 Å². The summed E-state index contributed by atoms with van der Waals surface area (Å²) in [4.78, 5) is 18.5. The lowest BCUT2D eigenvalue weighted by Crippen LogP contribution is -2.38. The van der Waals surface area contributed by atoms with Crippen molar-refractivity contribution in [3.05, 3.63) is 89.0 Å². The zero-order valence-corrected chi connectivity index (χ0v) is 28.7. The van der Waals surface area contributed by atoms with Crippen molar-refractivity contribution in [3.8, 4) is 46.0 Å². The number of nitrogens with one attached hydrogen (secondary N) is 2. The number of fused-ring (bicyclic) bond motifs is 1. The molecule has 0 spiro atoms. The van der Waals surface area contributed by atoms with Gasteiger partial charge in [0.2, 0.25) is 11.5 Å². The van der Waals surface area contributed by atoms with Crippen LogP contribution in [-0.2, 0) is 4.84 Å². The summed E-state index contributed by atoms with van der Waals surface area (Å²) < 4.78 is 45.6. The Morgan fingerprint density at radius 1 is 0.660 bits per heavy atom. The summed E-state index contributed by atoms with van der Waals surface area (Å²) in [6.07, 6.45) is -0.337. The van der Waals surface area contributed by atoms with Gasteiger partial charge in [0.25, 0.3) is 5.91 Å². The summed E-state index contributed by atoms with van der Waals surface area (Å²) in [7, 11) is 9.37. The Morgan fingerprint density at radius 3 is 1.94 bits per heavy atom. The zero-order valence-electron chi connectivity index (χ0n) is 28.7. The molecule has 0 saturated heterocycles. The van der Waals surface area contributed by atoms with Crippen LogP contribution >= 0.6 is 0 Å². The van der Waals surface area contributed by atoms with Crippen LogP contribution in [0.3, 0.4) is 0 Å². The number of rotatable bonds is 14. The lowest BCUT2D eigenvalue weighted by Gasteiger charge is -2.28. The third-order valence-corrected chi connectivity index (χ3v) is 8.38. The lowest BCUT2D eigenvalue weighted by molar-refractivity contribution is 0.0852. The van der Waals surface area contributed by atoms with E-state index in [4.69, 9.17) is 42.7 Å². The second kappa shape index (κ2) is 15.1. The average molecular weight is 686 g/mol. The smallest absolute Gasteiger partial charge is 0.255 e. The maximum absolute atomic E-state index is 12.6. The first kappa shape index (κ1) is 33.9. The number of nitrogens with zero attached hydrogens (tertiary/aromatic N) is 1. The highest BCUT2D eigenvalue weighted by Gasteiger charge is 2.29. The first-order valence-corrected chi connectivity index (χ1v) is 15.8. The van der Waals surface area contributed by atoms with Crippen molar-refractivity contribution in [2.45, 2.75) is 18.7 Å². The second-order valence-corrected chi connectivity index (χ2v) is 11.2. The molecule has 13 heteroatoms. The highest BCUT2D eigenvalue weighted by atomic mass is 16.6. The molecule has 0 fully saturated rings. The van der Waals surface area contributed by atoms with Crippen molar-refractivity contribution in [3.63, 3.8) is 0 Å². The normalized spacial score (nSPS) is 16.1. The van der Waals surface area contributed by atoms with Crippen molar-refractivity contribution < 1.29 is 47.5 Å². The van der Waals surface area contributed by atoms with Gasteiger partial charge in [0, 0.05) is 23.2 Å². The van der Waals surface area contributed by atoms with Gasteiger partial charge in [0.15, 0.2) is 40.6 Å². The summed E-state index contributed by atoms with van der Waals surface area (Å²) in [5.74, 6) is 3.80. The first-order valence-electron chi connectivity index (χ1n) is 15.8. The number of para-hydroxylation sites is 1. The Bertz CT molecular complexity index is 1850. The molecule has 2 atom stereocenters. The standard InChI is InChI=1S/C37H39N3O10/c1-42-29-15-21(36-38-25-10-8-7-9-24(25)37(41)39-36)11-12-27(29)48-13-14-49-35-32(45-4)18-23(19-33(35)46-5)28-20-26(40-50-28)22-16-30(43-2)34(47-6)31(17-22)44-3/h7-12,15-19,28,36,38H,13-14,20H2,1-6H3,(H,39,41). The van der Waals surface area contributed by atoms with Gasteiger partial charge in [0.05, 0.1) is 53.9 Å². The molecule has 2 aliphatic rings. The zero-order chi connectivity index (χ0) is 35.2. The molecule has 0 saturated carbocycles. The summed E-state index contributed by atoms with van der Waals surface area (Å²) >= 11 is 0. The molecule has 262 valence electrons. The van der Waals surface area contributed by atoms with E-state index in [1.54, 1.807) is 54.8 Å². The molecule has 2 N–H and O–H groups in total. The van der Waals surface area contributed by atoms with E-state index in [9.17, 15) is 4.79 Å². The maximum atomic E-state index is 12.6. The van der Waals surface area contributed by atoms with Gasteiger partial charge in [-0.1, -0.05) is 23.4 Å². The van der Waals surface area contributed by atoms with E-state index in [0.717, 1.165) is 28.1 Å². The number of ether oxygens (including phenoxy) is 8.